The number of benzene rings is 1. The third kappa shape index (κ3) is 6.66. The Morgan fingerprint density at radius 1 is 1.10 bits per heavy atom. The maximum absolute atomic E-state index is 12.3. The summed E-state index contributed by atoms with van der Waals surface area (Å²) in [4.78, 5) is 14.0. The zero-order valence-electron chi connectivity index (χ0n) is 17.0. The molecule has 0 atom stereocenters. The van der Waals surface area contributed by atoms with Gasteiger partial charge in [-0.25, -0.2) is 31.5 Å². The molecule has 1 fully saturated rings. The molecule has 1 aliphatic rings. The van der Waals surface area contributed by atoms with Gasteiger partial charge in [-0.2, -0.15) is 0 Å². The molecule has 1 aliphatic heterocycles. The molecule has 0 unspecified atom stereocenters. The van der Waals surface area contributed by atoms with Crippen LogP contribution in [0.15, 0.2) is 29.2 Å². The van der Waals surface area contributed by atoms with Gasteiger partial charge in [-0.05, 0) is 57.7 Å². The molecular weight excluding hydrogens is 416 g/mol. The number of hydrogen-bond donors (Lipinski definition) is 3. The van der Waals surface area contributed by atoms with Crippen molar-refractivity contribution in [1.29, 1.82) is 0 Å². The maximum atomic E-state index is 12.3. The zero-order valence-corrected chi connectivity index (χ0v) is 18.6. The fraction of sp³-hybridized carbons (Fsp3) is 0.611. The largest absolute Gasteiger partial charge is 0.338 e. The van der Waals surface area contributed by atoms with Gasteiger partial charge in [0.05, 0.1) is 9.64 Å². The summed E-state index contributed by atoms with van der Waals surface area (Å²) in [5, 5.41) is 7.90. The van der Waals surface area contributed by atoms with Crippen molar-refractivity contribution in [3.05, 3.63) is 29.8 Å². The van der Waals surface area contributed by atoms with Crippen molar-refractivity contribution in [2.75, 3.05) is 19.6 Å². The van der Waals surface area contributed by atoms with E-state index >= 15 is 0 Å². The van der Waals surface area contributed by atoms with Gasteiger partial charge in [0.15, 0.2) is 0 Å². The van der Waals surface area contributed by atoms with E-state index in [1.54, 1.807) is 37.8 Å². The fourth-order valence-electron chi connectivity index (χ4n) is 2.87. The van der Waals surface area contributed by atoms with Crippen molar-refractivity contribution in [2.24, 2.45) is 5.14 Å². The number of hydrogen-bond acceptors (Lipinski definition) is 5. The molecule has 0 bridgehead atoms. The molecule has 9 nitrogen and oxygen atoms in total. The molecule has 1 heterocycles. The molecule has 29 heavy (non-hydrogen) atoms. The topological polar surface area (TPSA) is 139 Å². The Balaban J connectivity index is 1.76. The minimum absolute atomic E-state index is 0.0511. The summed E-state index contributed by atoms with van der Waals surface area (Å²) >= 11 is 0. The minimum atomic E-state index is -3.71. The Labute approximate surface area is 173 Å². The van der Waals surface area contributed by atoms with Gasteiger partial charge in [0.2, 0.25) is 20.0 Å². The van der Waals surface area contributed by atoms with Gasteiger partial charge in [-0.15, -0.1) is 0 Å². The van der Waals surface area contributed by atoms with Crippen LogP contribution in [0.1, 0.15) is 39.2 Å². The Morgan fingerprint density at radius 3 is 2.14 bits per heavy atom. The van der Waals surface area contributed by atoms with Crippen molar-refractivity contribution >= 4 is 26.1 Å². The van der Waals surface area contributed by atoms with Gasteiger partial charge in [-0.3, -0.25) is 0 Å². The van der Waals surface area contributed by atoms with Crippen LogP contribution in [0.5, 0.6) is 0 Å². The second-order valence-electron chi connectivity index (χ2n) is 8.17. The predicted octanol–water partition coefficient (Wildman–Crippen LogP) is 0.768. The van der Waals surface area contributed by atoms with E-state index in [1.807, 2.05) is 0 Å². The Hall–Kier alpha value is -1.69. The molecule has 2 amide bonds. The highest BCUT2D eigenvalue weighted by Crippen LogP contribution is 2.18. The third-order valence-corrected chi connectivity index (χ3v) is 8.04. The molecule has 164 valence electrons. The van der Waals surface area contributed by atoms with Gasteiger partial charge < -0.3 is 10.2 Å². The van der Waals surface area contributed by atoms with E-state index in [0.717, 1.165) is 5.56 Å². The highest BCUT2D eigenvalue weighted by Gasteiger charge is 2.33. The molecule has 11 heteroatoms. The molecule has 1 aromatic rings. The van der Waals surface area contributed by atoms with Gasteiger partial charge in [0.25, 0.3) is 0 Å². The number of piperidine rings is 1. The van der Waals surface area contributed by atoms with Crippen molar-refractivity contribution in [2.45, 2.75) is 55.7 Å². The SMILES string of the molecule is CC(C)(C)S(=O)(=O)NC1CCN(C(=O)NCCc2ccc(S(N)(=O)=O)cc2)CC1. The van der Waals surface area contributed by atoms with Crippen molar-refractivity contribution in [3.8, 4) is 0 Å². The number of urea groups is 1. The van der Waals surface area contributed by atoms with Gasteiger partial charge in [0.1, 0.15) is 0 Å². The van der Waals surface area contributed by atoms with Crippen LogP contribution in [-0.2, 0) is 26.5 Å². The standard InChI is InChI=1S/C18H30N4O5S2/c1-18(2,3)29(26,27)21-15-9-12-22(13-10-15)17(23)20-11-8-14-4-6-16(7-5-14)28(19,24)25/h4-7,15,21H,8-13H2,1-3H3,(H,20,23)(H2,19,24,25). The van der Waals surface area contributed by atoms with E-state index in [2.05, 4.69) is 10.0 Å². The van der Waals surface area contributed by atoms with Gasteiger partial charge in [-0.1, -0.05) is 12.1 Å². The zero-order chi connectivity index (χ0) is 21.9. The number of carbonyl (C=O) groups is 1. The summed E-state index contributed by atoms with van der Waals surface area (Å²) in [5.41, 5.74) is 0.882. The molecule has 0 saturated carbocycles. The number of sulfonamides is 2. The van der Waals surface area contributed by atoms with Crippen LogP contribution in [0, 0.1) is 0 Å². The average molecular weight is 447 g/mol. The van der Waals surface area contributed by atoms with Crippen LogP contribution in [0.4, 0.5) is 4.79 Å². The van der Waals surface area contributed by atoms with Crippen LogP contribution >= 0.6 is 0 Å². The quantitative estimate of drug-likeness (QED) is 0.592. The Kier molecular flexibility index (Phi) is 7.31. The monoisotopic (exact) mass is 446 g/mol. The molecule has 0 spiro atoms. The predicted molar refractivity (Wildman–Crippen MR) is 111 cm³/mol. The highest BCUT2D eigenvalue weighted by atomic mass is 32.2. The molecule has 4 N–H and O–H groups in total. The fourth-order valence-corrected chi connectivity index (χ4v) is 4.41. The summed E-state index contributed by atoms with van der Waals surface area (Å²) in [6.07, 6.45) is 1.69. The molecule has 1 aromatic carbocycles. The van der Waals surface area contributed by atoms with Gasteiger partial charge in [0, 0.05) is 25.7 Å². The number of nitrogens with two attached hydrogens (primary N) is 1. The average Bonchev–Trinajstić information content (AvgIpc) is 2.60. The summed E-state index contributed by atoms with van der Waals surface area (Å²) in [6, 6.07) is 5.85. The first-order chi connectivity index (χ1) is 13.3. The summed E-state index contributed by atoms with van der Waals surface area (Å²) < 4.78 is 48.9. The van der Waals surface area contributed by atoms with E-state index in [-0.39, 0.29) is 17.0 Å². The molecular formula is C18H30N4O5S2. The first-order valence-electron chi connectivity index (χ1n) is 9.46. The van der Waals surface area contributed by atoms with Crippen LogP contribution in [0.25, 0.3) is 0 Å². The lowest BCUT2D eigenvalue weighted by Crippen LogP contribution is -2.52. The summed E-state index contributed by atoms with van der Waals surface area (Å²) in [5.74, 6) is 0. The van der Waals surface area contributed by atoms with Crippen molar-refractivity contribution in [1.82, 2.24) is 14.9 Å². The van der Waals surface area contributed by atoms with Crippen molar-refractivity contribution in [3.63, 3.8) is 0 Å². The second-order valence-corrected chi connectivity index (χ2v) is 12.2. The van der Waals surface area contributed by atoms with E-state index < -0.39 is 24.8 Å². The highest BCUT2D eigenvalue weighted by molar-refractivity contribution is 7.90. The molecule has 2 rings (SSSR count). The van der Waals surface area contributed by atoms with Gasteiger partial charge >= 0.3 is 6.03 Å². The van der Waals surface area contributed by atoms with Crippen LogP contribution in [0.2, 0.25) is 0 Å². The number of amides is 2. The van der Waals surface area contributed by atoms with E-state index in [9.17, 15) is 21.6 Å². The lowest BCUT2D eigenvalue weighted by Gasteiger charge is -2.33. The number of carbonyl (C=O) groups excluding carboxylic acids is 1. The van der Waals surface area contributed by atoms with Crippen molar-refractivity contribution < 1.29 is 21.6 Å². The van der Waals surface area contributed by atoms with E-state index in [0.29, 0.717) is 38.9 Å². The first-order valence-corrected chi connectivity index (χ1v) is 12.5. The summed E-state index contributed by atoms with van der Waals surface area (Å²) in [6.45, 7) is 6.32. The first kappa shape index (κ1) is 23.6. The van der Waals surface area contributed by atoms with Crippen LogP contribution in [-0.4, -0.2) is 58.2 Å². The number of rotatable bonds is 6. The summed E-state index contributed by atoms with van der Waals surface area (Å²) in [7, 11) is -7.12. The number of nitrogens with one attached hydrogen (secondary N) is 2. The Morgan fingerprint density at radius 2 is 1.66 bits per heavy atom. The number of likely N-dealkylation sites (tertiary alicyclic amines) is 1. The maximum Gasteiger partial charge on any atom is 0.317 e. The molecule has 0 radical (unpaired) electrons. The minimum Gasteiger partial charge on any atom is -0.338 e. The second kappa shape index (κ2) is 8.99. The lowest BCUT2D eigenvalue weighted by molar-refractivity contribution is 0.180. The lowest BCUT2D eigenvalue weighted by atomic mass is 10.1. The van der Waals surface area contributed by atoms with Crippen LogP contribution in [0.3, 0.4) is 0 Å². The van der Waals surface area contributed by atoms with Crippen LogP contribution < -0.4 is 15.2 Å². The number of primary sulfonamides is 1. The smallest absolute Gasteiger partial charge is 0.317 e. The van der Waals surface area contributed by atoms with E-state index in [1.165, 1.54) is 12.1 Å². The molecule has 0 aromatic heterocycles. The Bertz CT molecular complexity index is 914. The molecule has 1 saturated heterocycles. The number of nitrogens with zero attached hydrogens (tertiary/aromatic N) is 1. The normalized spacial score (nSPS) is 16.6. The molecule has 0 aliphatic carbocycles. The third-order valence-electron chi connectivity index (χ3n) is 4.85. The van der Waals surface area contributed by atoms with E-state index in [4.69, 9.17) is 5.14 Å².